The average Bonchev–Trinajstić information content (AvgIpc) is 2.71. The first-order valence-corrected chi connectivity index (χ1v) is 6.43. The lowest BCUT2D eigenvalue weighted by molar-refractivity contribution is 0.253. The van der Waals surface area contributed by atoms with Crippen molar-refractivity contribution in [3.05, 3.63) is 0 Å². The molecule has 4 nitrogen and oxygen atoms in total. The predicted molar refractivity (Wildman–Crippen MR) is 63.3 cm³/mol. The SMILES string of the molecule is O=C(NC1CCCCC1)SC1=NCCN1. The van der Waals surface area contributed by atoms with Gasteiger partial charge in [-0.25, -0.2) is 0 Å². The van der Waals surface area contributed by atoms with E-state index in [0.29, 0.717) is 6.04 Å². The second kappa shape index (κ2) is 5.39. The number of carbonyl (C=O) groups excluding carboxylic acids is 1. The first-order chi connectivity index (χ1) is 7.34. The summed E-state index contributed by atoms with van der Waals surface area (Å²) in [6, 6.07) is 0.390. The molecule has 1 fully saturated rings. The van der Waals surface area contributed by atoms with Crippen LogP contribution in [0, 0.1) is 0 Å². The van der Waals surface area contributed by atoms with E-state index in [2.05, 4.69) is 15.6 Å². The van der Waals surface area contributed by atoms with E-state index in [1.165, 1.54) is 31.0 Å². The van der Waals surface area contributed by atoms with Crippen LogP contribution >= 0.6 is 11.8 Å². The second-order valence-electron chi connectivity index (χ2n) is 3.98. The average molecular weight is 227 g/mol. The number of nitrogens with zero attached hydrogens (tertiary/aromatic N) is 1. The monoisotopic (exact) mass is 227 g/mol. The number of nitrogens with one attached hydrogen (secondary N) is 2. The molecule has 1 aliphatic carbocycles. The van der Waals surface area contributed by atoms with Crippen LogP contribution in [0.4, 0.5) is 4.79 Å². The molecule has 0 unspecified atom stereocenters. The summed E-state index contributed by atoms with van der Waals surface area (Å²) in [7, 11) is 0. The highest BCUT2D eigenvalue weighted by Gasteiger charge is 2.18. The molecule has 0 saturated heterocycles. The Bertz CT molecular complexity index is 261. The highest BCUT2D eigenvalue weighted by atomic mass is 32.2. The fourth-order valence-electron chi connectivity index (χ4n) is 1.98. The van der Waals surface area contributed by atoms with Crippen LogP contribution in [0.3, 0.4) is 0 Å². The van der Waals surface area contributed by atoms with Gasteiger partial charge < -0.3 is 10.6 Å². The van der Waals surface area contributed by atoms with E-state index in [-0.39, 0.29) is 5.24 Å². The summed E-state index contributed by atoms with van der Waals surface area (Å²) < 4.78 is 0. The molecule has 1 aliphatic heterocycles. The Morgan fingerprint density at radius 2 is 2.20 bits per heavy atom. The topological polar surface area (TPSA) is 53.5 Å². The third-order valence-electron chi connectivity index (χ3n) is 2.76. The minimum atomic E-state index is 0.0371. The molecule has 0 atom stereocenters. The lowest BCUT2D eigenvalue weighted by atomic mass is 9.96. The molecule has 0 bridgehead atoms. The Kier molecular flexibility index (Phi) is 3.88. The van der Waals surface area contributed by atoms with E-state index in [0.717, 1.165) is 31.1 Å². The zero-order valence-electron chi connectivity index (χ0n) is 8.79. The van der Waals surface area contributed by atoms with Crippen LogP contribution in [0.15, 0.2) is 4.99 Å². The zero-order chi connectivity index (χ0) is 10.5. The van der Waals surface area contributed by atoms with E-state index < -0.39 is 0 Å². The maximum atomic E-state index is 11.6. The summed E-state index contributed by atoms with van der Waals surface area (Å²) >= 11 is 1.19. The summed E-state index contributed by atoms with van der Waals surface area (Å²) in [5.41, 5.74) is 0. The molecule has 0 aromatic carbocycles. The number of thioether (sulfide) groups is 1. The lowest BCUT2D eigenvalue weighted by Gasteiger charge is -2.22. The maximum Gasteiger partial charge on any atom is 0.286 e. The van der Waals surface area contributed by atoms with Gasteiger partial charge in [0.15, 0.2) is 5.17 Å². The first kappa shape index (κ1) is 10.8. The molecular formula is C10H17N3OS. The fraction of sp³-hybridized carbons (Fsp3) is 0.800. The number of rotatable bonds is 1. The number of amides is 1. The van der Waals surface area contributed by atoms with Crippen LogP contribution in [-0.2, 0) is 0 Å². The van der Waals surface area contributed by atoms with Gasteiger partial charge in [-0.3, -0.25) is 9.79 Å². The third-order valence-corrected chi connectivity index (χ3v) is 3.53. The van der Waals surface area contributed by atoms with Crippen LogP contribution < -0.4 is 10.6 Å². The second-order valence-corrected chi connectivity index (χ2v) is 4.94. The van der Waals surface area contributed by atoms with Crippen molar-refractivity contribution in [2.45, 2.75) is 38.1 Å². The molecule has 0 spiro atoms. The molecule has 15 heavy (non-hydrogen) atoms. The number of amidine groups is 1. The van der Waals surface area contributed by atoms with Gasteiger partial charge in [0.1, 0.15) is 0 Å². The van der Waals surface area contributed by atoms with Gasteiger partial charge in [0.05, 0.1) is 6.54 Å². The van der Waals surface area contributed by atoms with Crippen molar-refractivity contribution in [1.29, 1.82) is 0 Å². The Labute approximate surface area is 94.3 Å². The largest absolute Gasteiger partial charge is 0.363 e. The van der Waals surface area contributed by atoms with Gasteiger partial charge in [-0.2, -0.15) is 0 Å². The number of hydrogen-bond acceptors (Lipinski definition) is 4. The highest BCUT2D eigenvalue weighted by Crippen LogP contribution is 2.18. The van der Waals surface area contributed by atoms with Crippen LogP contribution in [0.5, 0.6) is 0 Å². The normalized spacial score (nSPS) is 22.0. The van der Waals surface area contributed by atoms with Crippen molar-refractivity contribution in [2.75, 3.05) is 13.1 Å². The van der Waals surface area contributed by atoms with Gasteiger partial charge in [0, 0.05) is 24.3 Å². The summed E-state index contributed by atoms with van der Waals surface area (Å²) in [6.07, 6.45) is 6.07. The van der Waals surface area contributed by atoms with Crippen molar-refractivity contribution >= 4 is 22.2 Å². The summed E-state index contributed by atoms with van der Waals surface area (Å²) in [5.74, 6) is 0. The Balaban J connectivity index is 1.71. The van der Waals surface area contributed by atoms with Gasteiger partial charge in [-0.05, 0) is 12.8 Å². The molecular weight excluding hydrogens is 210 g/mol. The van der Waals surface area contributed by atoms with E-state index in [9.17, 15) is 4.79 Å². The van der Waals surface area contributed by atoms with E-state index in [4.69, 9.17) is 0 Å². The molecule has 1 amide bonds. The molecule has 1 heterocycles. The van der Waals surface area contributed by atoms with Gasteiger partial charge in [-0.1, -0.05) is 19.3 Å². The van der Waals surface area contributed by atoms with E-state index >= 15 is 0 Å². The maximum absolute atomic E-state index is 11.6. The number of aliphatic imine (C=N–C) groups is 1. The molecule has 5 heteroatoms. The van der Waals surface area contributed by atoms with Gasteiger partial charge in [0.2, 0.25) is 0 Å². The minimum Gasteiger partial charge on any atom is -0.363 e. The van der Waals surface area contributed by atoms with Crippen LogP contribution in [0.2, 0.25) is 0 Å². The number of hydrogen-bond donors (Lipinski definition) is 2. The molecule has 0 aromatic heterocycles. The quantitative estimate of drug-likeness (QED) is 0.717. The minimum absolute atomic E-state index is 0.0371. The van der Waals surface area contributed by atoms with Crippen molar-refractivity contribution in [3.8, 4) is 0 Å². The Morgan fingerprint density at radius 3 is 2.87 bits per heavy atom. The summed E-state index contributed by atoms with van der Waals surface area (Å²) in [6.45, 7) is 1.65. The summed E-state index contributed by atoms with van der Waals surface area (Å²) in [4.78, 5) is 15.8. The first-order valence-electron chi connectivity index (χ1n) is 5.61. The van der Waals surface area contributed by atoms with E-state index in [1.807, 2.05) is 0 Å². The fourth-order valence-corrected chi connectivity index (χ4v) is 2.71. The molecule has 0 aromatic rings. The van der Waals surface area contributed by atoms with Crippen molar-refractivity contribution in [1.82, 2.24) is 10.6 Å². The molecule has 2 rings (SSSR count). The molecule has 2 N–H and O–H groups in total. The van der Waals surface area contributed by atoms with Crippen LogP contribution in [0.25, 0.3) is 0 Å². The molecule has 84 valence electrons. The molecule has 2 aliphatic rings. The van der Waals surface area contributed by atoms with Crippen LogP contribution in [-0.4, -0.2) is 29.5 Å². The third kappa shape index (κ3) is 3.41. The molecule has 0 radical (unpaired) electrons. The predicted octanol–water partition coefficient (Wildman–Crippen LogP) is 1.72. The highest BCUT2D eigenvalue weighted by molar-refractivity contribution is 8.26. The van der Waals surface area contributed by atoms with Gasteiger partial charge in [-0.15, -0.1) is 0 Å². The number of carbonyl (C=O) groups is 1. The van der Waals surface area contributed by atoms with E-state index in [1.54, 1.807) is 0 Å². The van der Waals surface area contributed by atoms with Crippen molar-refractivity contribution < 1.29 is 4.79 Å². The van der Waals surface area contributed by atoms with Crippen molar-refractivity contribution in [2.24, 2.45) is 4.99 Å². The zero-order valence-corrected chi connectivity index (χ0v) is 9.61. The standard InChI is InChI=1S/C10H17N3OS/c14-10(15-9-11-6-7-12-9)13-8-4-2-1-3-5-8/h8H,1-7H2,(H,11,12)(H,13,14). The van der Waals surface area contributed by atoms with Crippen LogP contribution in [0.1, 0.15) is 32.1 Å². The Hall–Kier alpha value is -0.710. The van der Waals surface area contributed by atoms with Crippen molar-refractivity contribution in [3.63, 3.8) is 0 Å². The summed E-state index contributed by atoms with van der Waals surface area (Å²) in [5, 5.41) is 6.93. The van der Waals surface area contributed by atoms with Gasteiger partial charge in [0.25, 0.3) is 5.24 Å². The lowest BCUT2D eigenvalue weighted by Crippen LogP contribution is -2.35. The van der Waals surface area contributed by atoms with Gasteiger partial charge >= 0.3 is 0 Å². The smallest absolute Gasteiger partial charge is 0.286 e. The Morgan fingerprint density at radius 1 is 1.40 bits per heavy atom. The molecule has 1 saturated carbocycles.